The van der Waals surface area contributed by atoms with Crippen LogP contribution in [0.5, 0.6) is 5.75 Å². The molecule has 0 radical (unpaired) electrons. The molecule has 3 saturated heterocycles. The number of carbonyl (C=O) groups is 2. The van der Waals surface area contributed by atoms with Crippen molar-refractivity contribution in [3.8, 4) is 16.9 Å². The van der Waals surface area contributed by atoms with E-state index in [-0.39, 0.29) is 25.7 Å². The Labute approximate surface area is 362 Å². The zero-order chi connectivity index (χ0) is 45.8. The molecule has 5 rings (SSSR count). The third-order valence-corrected chi connectivity index (χ3v) is 10.6. The maximum atomic E-state index is 12.3. The number of hydrogen-bond acceptors (Lipinski definition) is 21. The largest absolute Gasteiger partial charge is 0.489 e. The van der Waals surface area contributed by atoms with Crippen molar-refractivity contribution in [2.75, 3.05) is 52.7 Å². The molecule has 3 aliphatic heterocycles. The number of benzene rings is 2. The third kappa shape index (κ3) is 13.1. The summed E-state index contributed by atoms with van der Waals surface area (Å²) in [7, 11) is 0. The van der Waals surface area contributed by atoms with Crippen molar-refractivity contribution in [2.24, 2.45) is 5.73 Å². The number of ether oxygens (including phenoxy) is 7. The lowest BCUT2D eigenvalue weighted by Gasteiger charge is -2.48. The zero-order valence-corrected chi connectivity index (χ0v) is 34.4. The summed E-state index contributed by atoms with van der Waals surface area (Å²) in [6, 6.07) is 12.9. The van der Waals surface area contributed by atoms with Crippen LogP contribution < -0.4 is 26.4 Å². The second kappa shape index (κ2) is 24.1. The number of nitrogens with two attached hydrogens (primary N) is 1. The molecule has 0 aromatic heterocycles. The van der Waals surface area contributed by atoms with Gasteiger partial charge in [-0.3, -0.25) is 14.9 Å². The van der Waals surface area contributed by atoms with Crippen molar-refractivity contribution >= 4 is 11.8 Å². The highest BCUT2D eigenvalue weighted by atomic mass is 16.8. The van der Waals surface area contributed by atoms with E-state index in [2.05, 4.69) is 16.0 Å². The fraction of sp³-hybridized carbons (Fsp3) is 0.650. The number of aliphatic hydroxyl groups is 10. The Morgan fingerprint density at radius 2 is 1.37 bits per heavy atom. The smallest absolute Gasteiger partial charge is 0.251 e. The van der Waals surface area contributed by atoms with E-state index in [1.54, 1.807) is 30.3 Å². The maximum absolute atomic E-state index is 12.3. The molecule has 2 aromatic carbocycles. The summed E-state index contributed by atoms with van der Waals surface area (Å²) in [5, 5.41) is 113. The molecule has 3 heterocycles. The zero-order valence-electron chi connectivity index (χ0n) is 34.4. The molecule has 63 heavy (non-hydrogen) atoms. The van der Waals surface area contributed by atoms with Gasteiger partial charge in [0.1, 0.15) is 91.8 Å². The minimum Gasteiger partial charge on any atom is -0.489 e. The normalized spacial score (nSPS) is 33.9. The minimum absolute atomic E-state index is 0.0213. The summed E-state index contributed by atoms with van der Waals surface area (Å²) >= 11 is 0. The van der Waals surface area contributed by atoms with Crippen LogP contribution in [0.25, 0.3) is 11.1 Å². The number of nitrogens with one attached hydrogen (secondary N) is 3. The van der Waals surface area contributed by atoms with Gasteiger partial charge in [-0.2, -0.15) is 0 Å². The molecule has 10 unspecified atom stereocenters. The van der Waals surface area contributed by atoms with Crippen molar-refractivity contribution in [3.63, 3.8) is 0 Å². The molecule has 354 valence electrons. The van der Waals surface area contributed by atoms with Crippen molar-refractivity contribution in [2.45, 2.75) is 112 Å². The Morgan fingerprint density at radius 1 is 0.730 bits per heavy atom. The van der Waals surface area contributed by atoms with Gasteiger partial charge in [0.05, 0.1) is 26.4 Å². The maximum Gasteiger partial charge on any atom is 0.251 e. The number of aliphatic hydroxyl groups excluding tert-OH is 10. The first kappa shape index (κ1) is 50.5. The minimum atomic E-state index is -1.96. The average molecular weight is 901 g/mol. The monoisotopic (exact) mass is 900 g/mol. The van der Waals surface area contributed by atoms with Gasteiger partial charge in [0.15, 0.2) is 18.9 Å². The summed E-state index contributed by atoms with van der Waals surface area (Å²) in [5.41, 5.74) is 7.65. The molecule has 23 heteroatoms. The predicted molar refractivity (Wildman–Crippen MR) is 214 cm³/mol. The highest BCUT2D eigenvalue weighted by molar-refractivity contribution is 5.95. The molecule has 16 atom stereocenters. The van der Waals surface area contributed by atoms with Gasteiger partial charge in [-0.1, -0.05) is 24.3 Å². The molecule has 3 aliphatic rings. The van der Waals surface area contributed by atoms with Crippen molar-refractivity contribution in [1.82, 2.24) is 16.0 Å². The van der Waals surface area contributed by atoms with E-state index in [0.717, 1.165) is 11.1 Å². The van der Waals surface area contributed by atoms with Crippen LogP contribution in [0, 0.1) is 0 Å². The van der Waals surface area contributed by atoms with Crippen molar-refractivity contribution < 1.29 is 93.8 Å². The number of hydrogen-bond donors (Lipinski definition) is 14. The van der Waals surface area contributed by atoms with Crippen molar-refractivity contribution in [1.29, 1.82) is 0 Å². The highest BCUT2D eigenvalue weighted by Crippen LogP contribution is 2.33. The fourth-order valence-corrected chi connectivity index (χ4v) is 7.23. The highest BCUT2D eigenvalue weighted by Gasteiger charge is 2.54. The lowest BCUT2D eigenvalue weighted by molar-refractivity contribution is -0.376. The summed E-state index contributed by atoms with van der Waals surface area (Å²) in [5.74, 6) is -0.326. The molecule has 23 nitrogen and oxygen atoms in total. The summed E-state index contributed by atoms with van der Waals surface area (Å²) in [4.78, 5) is 24.5. The summed E-state index contributed by atoms with van der Waals surface area (Å²) < 4.78 is 39.8. The van der Waals surface area contributed by atoms with Crippen LogP contribution in [0.2, 0.25) is 0 Å². The Balaban J connectivity index is 1.11. The van der Waals surface area contributed by atoms with Crippen LogP contribution in [-0.2, 0) is 33.2 Å². The molecular formula is C40H60N4O19. The molecule has 2 amide bonds. The quantitative estimate of drug-likeness (QED) is 0.0410. The second-order valence-corrected chi connectivity index (χ2v) is 15.2. The van der Waals surface area contributed by atoms with E-state index in [9.17, 15) is 60.7 Å². The predicted octanol–water partition coefficient (Wildman–Crippen LogP) is -5.67. The van der Waals surface area contributed by atoms with Gasteiger partial charge in [-0.05, 0) is 48.4 Å². The lowest BCUT2D eigenvalue weighted by atomic mass is 9.95. The van der Waals surface area contributed by atoms with E-state index in [0.29, 0.717) is 30.8 Å². The van der Waals surface area contributed by atoms with Gasteiger partial charge in [-0.25, -0.2) is 0 Å². The summed E-state index contributed by atoms with van der Waals surface area (Å²) in [6.45, 7) is -0.420. The van der Waals surface area contributed by atoms with Crippen LogP contribution in [0.1, 0.15) is 23.7 Å². The molecule has 3 fully saturated rings. The van der Waals surface area contributed by atoms with E-state index in [4.69, 9.17) is 38.9 Å². The van der Waals surface area contributed by atoms with Crippen molar-refractivity contribution in [3.05, 3.63) is 54.1 Å². The molecular weight excluding hydrogens is 840 g/mol. The third-order valence-electron chi connectivity index (χ3n) is 10.6. The van der Waals surface area contributed by atoms with Gasteiger partial charge >= 0.3 is 0 Å². The SMILES string of the molecule is CC(=O)NC1C(O)[C@H](O[C@@H]2OC(CO)[C@H](O)C(O[C@H]3OC(CO)[C@H](O)C(O)C3O)C2O)C(CO)O[C@H]1OCCCNC(O)COc1ccc(-c2cccc(C(=O)NCCN)c2)cc1. The average Bonchev–Trinajstić information content (AvgIpc) is 3.28. The Bertz CT molecular complexity index is 1710. The number of amides is 2. The van der Waals surface area contributed by atoms with Gasteiger partial charge in [0.2, 0.25) is 5.91 Å². The first-order valence-corrected chi connectivity index (χ1v) is 20.5. The van der Waals surface area contributed by atoms with Crippen LogP contribution in [0.4, 0.5) is 0 Å². The fourth-order valence-electron chi connectivity index (χ4n) is 7.23. The Kier molecular flexibility index (Phi) is 19.3. The van der Waals surface area contributed by atoms with Gasteiger partial charge < -0.3 is 101 Å². The van der Waals surface area contributed by atoms with Gasteiger partial charge in [0.25, 0.3) is 5.91 Å². The van der Waals surface area contributed by atoms with Crippen LogP contribution in [-0.4, -0.2) is 214 Å². The standard InChI is InChI=1S/C40H60N4O19/c1-19(48)44-28-31(52)35(62-40-34(55)36(30(51)25(16-46)60-40)63-39-33(54)32(53)29(50)24(15-45)59-39)26(17-47)61-38(28)57-13-3-11-42-27(49)18-58-23-8-6-20(7-9-23)21-4-2-5-22(14-21)37(56)43-12-10-41/h2,4-9,14,24-36,38-40,42,45-47,49-55H,3,10-13,15-18,41H2,1H3,(H,43,56)(H,44,48)/t24?,25?,26?,27?,28?,29-,30-,31?,32?,33?,34?,35+,36?,38+,39+,40-/m0/s1. The Morgan fingerprint density at radius 3 is 2.02 bits per heavy atom. The van der Waals surface area contributed by atoms with E-state index in [1.165, 1.54) is 6.92 Å². The summed E-state index contributed by atoms with van der Waals surface area (Å²) in [6.07, 6.45) is -24.2. The van der Waals surface area contributed by atoms with E-state index >= 15 is 0 Å². The molecule has 2 aromatic rings. The first-order valence-electron chi connectivity index (χ1n) is 20.5. The van der Waals surface area contributed by atoms with Crippen LogP contribution in [0.3, 0.4) is 0 Å². The van der Waals surface area contributed by atoms with Crippen LogP contribution in [0.15, 0.2) is 48.5 Å². The van der Waals surface area contributed by atoms with Crippen LogP contribution >= 0.6 is 0 Å². The van der Waals surface area contributed by atoms with E-state index in [1.807, 2.05) is 18.2 Å². The molecule has 0 aliphatic carbocycles. The topological polar surface area (TPSA) is 363 Å². The molecule has 0 spiro atoms. The molecule has 15 N–H and O–H groups in total. The van der Waals surface area contributed by atoms with E-state index < -0.39 is 124 Å². The number of carbonyl (C=O) groups excluding carboxylic acids is 2. The first-order chi connectivity index (χ1) is 30.2. The molecule has 0 bridgehead atoms. The van der Waals surface area contributed by atoms with Gasteiger partial charge in [0, 0.05) is 25.6 Å². The second-order valence-electron chi connectivity index (χ2n) is 15.2. The lowest BCUT2D eigenvalue weighted by Crippen LogP contribution is -2.68. The molecule has 0 saturated carbocycles. The van der Waals surface area contributed by atoms with Gasteiger partial charge in [-0.15, -0.1) is 0 Å². The Hall–Kier alpha value is -3.54. The number of rotatable bonds is 21.